The molecule has 0 aromatic carbocycles. The van der Waals surface area contributed by atoms with Gasteiger partial charge < -0.3 is 9.64 Å². The van der Waals surface area contributed by atoms with E-state index in [1.807, 2.05) is 12.1 Å². The molecule has 0 bridgehead atoms. The Morgan fingerprint density at radius 3 is 2.18 bits per heavy atom. The van der Waals surface area contributed by atoms with E-state index < -0.39 is 0 Å². The molecule has 0 saturated carbocycles. The Morgan fingerprint density at radius 2 is 1.86 bits per heavy atom. The van der Waals surface area contributed by atoms with Gasteiger partial charge in [-0.1, -0.05) is 33.4 Å². The van der Waals surface area contributed by atoms with Crippen LogP contribution < -0.4 is 4.90 Å². The molecule has 4 heteroatoms. The van der Waals surface area contributed by atoms with Crippen molar-refractivity contribution < 1.29 is 9.53 Å². The van der Waals surface area contributed by atoms with Gasteiger partial charge in [-0.25, -0.2) is 4.98 Å². The van der Waals surface area contributed by atoms with Gasteiger partial charge in [-0.3, -0.25) is 4.79 Å². The van der Waals surface area contributed by atoms with Crippen molar-refractivity contribution in [3.05, 3.63) is 30.5 Å². The Labute approximate surface area is 135 Å². The van der Waals surface area contributed by atoms with Crippen molar-refractivity contribution in [2.45, 2.75) is 47.1 Å². The molecule has 0 aliphatic carbocycles. The summed E-state index contributed by atoms with van der Waals surface area (Å²) in [5.41, 5.74) is 1.16. The van der Waals surface area contributed by atoms with Gasteiger partial charge >= 0.3 is 0 Å². The molecule has 22 heavy (non-hydrogen) atoms. The Hall–Kier alpha value is -1.68. The zero-order valence-electron chi connectivity index (χ0n) is 15.2. The van der Waals surface area contributed by atoms with Crippen LogP contribution in [0.25, 0.3) is 6.08 Å². The Kier molecular flexibility index (Phi) is 7.47. The molecule has 0 saturated heterocycles. The summed E-state index contributed by atoms with van der Waals surface area (Å²) in [6.45, 7) is 15.9. The van der Waals surface area contributed by atoms with E-state index in [4.69, 9.17) is 4.74 Å². The van der Waals surface area contributed by atoms with Crippen LogP contribution in [0.3, 0.4) is 0 Å². The van der Waals surface area contributed by atoms with E-state index in [0.29, 0.717) is 5.82 Å². The fraction of sp³-hybridized carbons (Fsp3) is 0.556. The lowest BCUT2D eigenvalue weighted by molar-refractivity contribution is -0.116. The summed E-state index contributed by atoms with van der Waals surface area (Å²) in [5.74, 6) is 0.610. The van der Waals surface area contributed by atoms with Crippen LogP contribution in [0.15, 0.2) is 24.9 Å². The Bertz CT molecular complexity index is 502. The minimum absolute atomic E-state index is 0.0208. The first-order chi connectivity index (χ1) is 9.96. The predicted octanol–water partition coefficient (Wildman–Crippen LogP) is 4.16. The maximum Gasteiger partial charge on any atom is 0.224 e. The van der Waals surface area contributed by atoms with Crippen molar-refractivity contribution in [2.24, 2.45) is 5.41 Å². The lowest BCUT2D eigenvalue weighted by Gasteiger charge is -2.37. The van der Waals surface area contributed by atoms with E-state index in [1.165, 1.54) is 11.8 Å². The molecule has 1 heterocycles. The maximum atomic E-state index is 11.0. The van der Waals surface area contributed by atoms with Crippen molar-refractivity contribution in [2.75, 3.05) is 19.1 Å². The molecule has 0 N–H and O–H groups in total. The number of pyridine rings is 1. The van der Waals surface area contributed by atoms with Gasteiger partial charge in [0.25, 0.3) is 0 Å². The highest BCUT2D eigenvalue weighted by Gasteiger charge is 2.32. The van der Waals surface area contributed by atoms with E-state index >= 15 is 0 Å². The summed E-state index contributed by atoms with van der Waals surface area (Å²) in [5, 5.41) is 0. The van der Waals surface area contributed by atoms with Crippen LogP contribution in [0.2, 0.25) is 0 Å². The van der Waals surface area contributed by atoms with Crippen LogP contribution >= 0.6 is 0 Å². The molecular formula is C18H30N2O2. The summed E-state index contributed by atoms with van der Waals surface area (Å²) < 4.78 is 5.30. The monoisotopic (exact) mass is 306 g/mol. The van der Waals surface area contributed by atoms with Crippen LogP contribution in [0, 0.1) is 5.41 Å². The van der Waals surface area contributed by atoms with Gasteiger partial charge in [-0.15, -0.1) is 0 Å². The van der Waals surface area contributed by atoms with Gasteiger partial charge in [0.15, 0.2) is 0 Å². The predicted molar refractivity (Wildman–Crippen MR) is 94.0 cm³/mol. The number of amides is 1. The Morgan fingerprint density at radius 1 is 1.32 bits per heavy atom. The molecule has 0 spiro atoms. The van der Waals surface area contributed by atoms with Gasteiger partial charge in [0.2, 0.25) is 5.91 Å². The summed E-state index contributed by atoms with van der Waals surface area (Å²) in [6.07, 6.45) is 3.38. The first-order valence-electron chi connectivity index (χ1n) is 7.34. The number of hydrogen-bond acceptors (Lipinski definition) is 3. The van der Waals surface area contributed by atoms with Crippen LogP contribution in [0.5, 0.6) is 0 Å². The number of nitrogens with zero attached hydrogens (tertiary/aromatic N) is 2. The quantitative estimate of drug-likeness (QED) is 0.842. The third-order valence-electron chi connectivity index (χ3n) is 4.14. The molecule has 1 aromatic rings. The van der Waals surface area contributed by atoms with E-state index in [9.17, 15) is 4.79 Å². The van der Waals surface area contributed by atoms with Crippen molar-refractivity contribution in [1.29, 1.82) is 0 Å². The van der Waals surface area contributed by atoms with E-state index in [1.54, 1.807) is 26.4 Å². The highest BCUT2D eigenvalue weighted by molar-refractivity contribution is 5.89. The standard InChI is InChI=1S/C10H12N2O.C8H18O/c1-4-9-5-6-11-10(7-9)12(3)8(2)13;1-7(2,3)8(4,5)9-6/h4-7H,1H2,2-3H3;1-6H3. The third-order valence-corrected chi connectivity index (χ3v) is 4.14. The molecule has 0 aliphatic rings. The van der Waals surface area contributed by atoms with Crippen molar-refractivity contribution in [3.63, 3.8) is 0 Å². The molecule has 1 aromatic heterocycles. The molecule has 1 amide bonds. The summed E-state index contributed by atoms with van der Waals surface area (Å²) in [4.78, 5) is 16.6. The van der Waals surface area contributed by atoms with E-state index in [2.05, 4.69) is 46.2 Å². The van der Waals surface area contributed by atoms with Gasteiger partial charge in [0.05, 0.1) is 5.60 Å². The lowest BCUT2D eigenvalue weighted by Crippen LogP contribution is -2.38. The van der Waals surface area contributed by atoms with E-state index in [-0.39, 0.29) is 16.9 Å². The summed E-state index contributed by atoms with van der Waals surface area (Å²) >= 11 is 0. The number of rotatable bonds is 3. The number of anilines is 1. The molecule has 0 aliphatic heterocycles. The zero-order valence-corrected chi connectivity index (χ0v) is 15.2. The van der Waals surface area contributed by atoms with Gasteiger partial charge in [0.1, 0.15) is 5.82 Å². The number of hydrogen-bond donors (Lipinski definition) is 0. The number of carbonyl (C=O) groups is 1. The molecule has 1 rings (SSSR count). The lowest BCUT2D eigenvalue weighted by atomic mass is 9.79. The van der Waals surface area contributed by atoms with Crippen LogP contribution in [-0.2, 0) is 9.53 Å². The maximum absolute atomic E-state index is 11.0. The van der Waals surface area contributed by atoms with Crippen molar-refractivity contribution in [3.8, 4) is 0 Å². The molecule has 0 atom stereocenters. The highest BCUT2D eigenvalue weighted by atomic mass is 16.5. The number of carbonyl (C=O) groups excluding carboxylic acids is 1. The van der Waals surface area contributed by atoms with Crippen LogP contribution in [-0.4, -0.2) is 30.6 Å². The average Bonchev–Trinajstić information content (AvgIpc) is 2.45. The van der Waals surface area contributed by atoms with Crippen LogP contribution in [0.1, 0.15) is 47.1 Å². The summed E-state index contributed by atoms with van der Waals surface area (Å²) in [7, 11) is 3.45. The number of ether oxygens (including phenoxy) is 1. The number of aromatic nitrogens is 1. The minimum atomic E-state index is -0.0336. The molecule has 0 fully saturated rings. The number of methoxy groups -OCH3 is 1. The second-order valence-electron chi connectivity index (χ2n) is 6.69. The molecule has 124 valence electrons. The topological polar surface area (TPSA) is 42.4 Å². The second-order valence-corrected chi connectivity index (χ2v) is 6.69. The highest BCUT2D eigenvalue weighted by Crippen LogP contribution is 2.31. The fourth-order valence-corrected chi connectivity index (χ4v) is 1.21. The average molecular weight is 306 g/mol. The second kappa shape index (κ2) is 8.08. The van der Waals surface area contributed by atoms with E-state index in [0.717, 1.165) is 5.56 Å². The van der Waals surface area contributed by atoms with Gasteiger partial charge in [0, 0.05) is 27.3 Å². The third kappa shape index (κ3) is 5.98. The van der Waals surface area contributed by atoms with Gasteiger partial charge in [-0.05, 0) is 37.0 Å². The molecular weight excluding hydrogens is 276 g/mol. The minimum Gasteiger partial charge on any atom is -0.378 e. The van der Waals surface area contributed by atoms with Crippen molar-refractivity contribution >= 4 is 17.8 Å². The normalized spacial score (nSPS) is 11.3. The van der Waals surface area contributed by atoms with Gasteiger partial charge in [-0.2, -0.15) is 0 Å². The SMILES string of the molecule is C=Cc1ccnc(N(C)C(C)=O)c1.COC(C)(C)C(C)(C)C. The Balaban J connectivity index is 0.000000433. The zero-order chi connectivity index (χ0) is 17.6. The van der Waals surface area contributed by atoms with Crippen molar-refractivity contribution in [1.82, 2.24) is 4.98 Å². The largest absolute Gasteiger partial charge is 0.378 e. The molecule has 0 radical (unpaired) electrons. The molecule has 0 unspecified atom stereocenters. The smallest absolute Gasteiger partial charge is 0.224 e. The fourth-order valence-electron chi connectivity index (χ4n) is 1.21. The summed E-state index contributed by atoms with van der Waals surface area (Å²) in [6, 6.07) is 3.65. The first kappa shape index (κ1) is 20.3. The van der Waals surface area contributed by atoms with Crippen LogP contribution in [0.4, 0.5) is 5.82 Å². The first-order valence-corrected chi connectivity index (χ1v) is 7.34. The molecule has 4 nitrogen and oxygen atoms in total.